The number of nitrogens with one attached hydrogen (secondary N) is 2. The molecule has 1 unspecified atom stereocenters. The molecular formula is C21H18ClN3O5. The van der Waals surface area contributed by atoms with Crippen LogP contribution in [0.25, 0.3) is 0 Å². The van der Waals surface area contributed by atoms with Crippen LogP contribution in [0.1, 0.15) is 22.3 Å². The number of ether oxygens (including phenoxy) is 2. The van der Waals surface area contributed by atoms with E-state index in [1.807, 2.05) is 0 Å². The maximum atomic E-state index is 13.1. The minimum atomic E-state index is -0.730. The number of hydrogen-bond donors (Lipinski definition) is 2. The molecule has 0 radical (unpaired) electrons. The van der Waals surface area contributed by atoms with Gasteiger partial charge >= 0.3 is 0 Å². The second kappa shape index (κ2) is 8.38. The van der Waals surface area contributed by atoms with Crippen molar-refractivity contribution in [2.75, 3.05) is 19.0 Å². The number of hydrazine groups is 1. The summed E-state index contributed by atoms with van der Waals surface area (Å²) in [5, 5.41) is 4.76. The molecule has 30 heavy (non-hydrogen) atoms. The fraction of sp³-hybridized carbons (Fsp3) is 0.143. The number of carbonyl (C=O) groups is 2. The summed E-state index contributed by atoms with van der Waals surface area (Å²) >= 11 is 6.04. The van der Waals surface area contributed by atoms with Gasteiger partial charge < -0.3 is 19.2 Å². The van der Waals surface area contributed by atoms with E-state index in [-0.39, 0.29) is 6.61 Å². The second-order valence-corrected chi connectivity index (χ2v) is 6.86. The number of halogens is 1. The molecule has 1 aliphatic rings. The Labute approximate surface area is 177 Å². The standard InChI is InChI=1S/C21H18ClN3O5/c1-28-14-5-7-15(8-6-14)30-12-19(26)24-25-20(18-3-2-10-29-18)23-17-9-4-13(22)11-16(17)21(25)27/h2-11,20,23H,12H2,1H3,(H,24,26). The lowest BCUT2D eigenvalue weighted by Crippen LogP contribution is -2.53. The Balaban J connectivity index is 1.50. The molecule has 1 atom stereocenters. The van der Waals surface area contributed by atoms with Gasteiger partial charge in [-0.25, -0.2) is 5.01 Å². The highest BCUT2D eigenvalue weighted by Crippen LogP contribution is 2.33. The smallest absolute Gasteiger partial charge is 0.276 e. The molecule has 0 bridgehead atoms. The molecule has 0 fully saturated rings. The highest BCUT2D eigenvalue weighted by Gasteiger charge is 2.36. The number of anilines is 1. The summed E-state index contributed by atoms with van der Waals surface area (Å²) in [4.78, 5) is 25.6. The summed E-state index contributed by atoms with van der Waals surface area (Å²) in [5.74, 6) is 0.693. The Kier molecular flexibility index (Phi) is 5.49. The van der Waals surface area contributed by atoms with E-state index in [9.17, 15) is 9.59 Å². The lowest BCUT2D eigenvalue weighted by molar-refractivity contribution is -0.127. The monoisotopic (exact) mass is 427 g/mol. The van der Waals surface area contributed by atoms with Crippen molar-refractivity contribution in [2.45, 2.75) is 6.17 Å². The highest BCUT2D eigenvalue weighted by atomic mass is 35.5. The average Bonchev–Trinajstić information content (AvgIpc) is 3.29. The number of benzene rings is 2. The van der Waals surface area contributed by atoms with Gasteiger partial charge in [0.25, 0.3) is 11.8 Å². The first kappa shape index (κ1) is 19.7. The van der Waals surface area contributed by atoms with Crippen LogP contribution in [0.5, 0.6) is 11.5 Å². The third-order valence-corrected chi connectivity index (χ3v) is 4.70. The van der Waals surface area contributed by atoms with Gasteiger partial charge in [-0.2, -0.15) is 0 Å². The van der Waals surface area contributed by atoms with Crippen LogP contribution in [0, 0.1) is 0 Å². The minimum absolute atomic E-state index is 0.288. The van der Waals surface area contributed by atoms with Crippen LogP contribution in [0.4, 0.5) is 5.69 Å². The molecule has 0 spiro atoms. The maximum absolute atomic E-state index is 13.1. The van der Waals surface area contributed by atoms with Gasteiger partial charge in [-0.1, -0.05) is 11.6 Å². The summed E-state index contributed by atoms with van der Waals surface area (Å²) < 4.78 is 16.0. The number of methoxy groups -OCH3 is 1. The van der Waals surface area contributed by atoms with Crippen LogP contribution in [0.3, 0.4) is 0 Å². The van der Waals surface area contributed by atoms with E-state index in [0.29, 0.717) is 33.5 Å². The summed E-state index contributed by atoms with van der Waals surface area (Å²) in [5.41, 5.74) is 3.51. The molecule has 2 amide bonds. The molecule has 9 heteroatoms. The molecule has 154 valence electrons. The summed E-state index contributed by atoms with van der Waals surface area (Å²) in [6.45, 7) is -0.288. The van der Waals surface area contributed by atoms with Crippen molar-refractivity contribution in [1.29, 1.82) is 0 Å². The SMILES string of the molecule is COc1ccc(OCC(=O)NN2C(=O)c3cc(Cl)ccc3NC2c2ccco2)cc1. The molecule has 0 saturated heterocycles. The van der Waals surface area contributed by atoms with Crippen LogP contribution >= 0.6 is 11.6 Å². The molecule has 2 N–H and O–H groups in total. The Morgan fingerprint density at radius 1 is 1.20 bits per heavy atom. The lowest BCUT2D eigenvalue weighted by atomic mass is 10.1. The van der Waals surface area contributed by atoms with E-state index >= 15 is 0 Å². The van der Waals surface area contributed by atoms with E-state index in [1.54, 1.807) is 55.6 Å². The number of rotatable bonds is 6. The largest absolute Gasteiger partial charge is 0.497 e. The Morgan fingerprint density at radius 2 is 1.97 bits per heavy atom. The van der Waals surface area contributed by atoms with Gasteiger partial charge in [-0.3, -0.25) is 15.0 Å². The summed E-state index contributed by atoms with van der Waals surface area (Å²) in [7, 11) is 1.56. The highest BCUT2D eigenvalue weighted by molar-refractivity contribution is 6.31. The van der Waals surface area contributed by atoms with E-state index < -0.39 is 18.0 Å². The van der Waals surface area contributed by atoms with Crippen molar-refractivity contribution in [1.82, 2.24) is 10.4 Å². The number of hydrogen-bond acceptors (Lipinski definition) is 6. The summed E-state index contributed by atoms with van der Waals surface area (Å²) in [6.07, 6.45) is 0.761. The Morgan fingerprint density at radius 3 is 2.67 bits per heavy atom. The van der Waals surface area contributed by atoms with Crippen LogP contribution < -0.4 is 20.2 Å². The first-order valence-electron chi connectivity index (χ1n) is 9.04. The maximum Gasteiger partial charge on any atom is 0.276 e. The predicted octanol–water partition coefficient (Wildman–Crippen LogP) is 3.62. The molecule has 3 aromatic rings. The molecule has 2 aromatic carbocycles. The van der Waals surface area contributed by atoms with Gasteiger partial charge in [0.15, 0.2) is 12.8 Å². The van der Waals surface area contributed by atoms with E-state index in [2.05, 4.69) is 10.7 Å². The molecule has 8 nitrogen and oxygen atoms in total. The summed E-state index contributed by atoms with van der Waals surface area (Å²) in [6, 6.07) is 15.1. The zero-order valence-corrected chi connectivity index (χ0v) is 16.7. The number of furan rings is 1. The quantitative estimate of drug-likeness (QED) is 0.624. The minimum Gasteiger partial charge on any atom is -0.497 e. The van der Waals surface area contributed by atoms with E-state index in [0.717, 1.165) is 5.01 Å². The lowest BCUT2D eigenvalue weighted by Gasteiger charge is -2.36. The van der Waals surface area contributed by atoms with Gasteiger partial charge in [-0.15, -0.1) is 0 Å². The topological polar surface area (TPSA) is 93.0 Å². The van der Waals surface area contributed by atoms with E-state index in [1.165, 1.54) is 12.3 Å². The zero-order valence-electron chi connectivity index (χ0n) is 15.9. The third kappa shape index (κ3) is 4.04. The number of carbonyl (C=O) groups excluding carboxylic acids is 2. The normalized spacial score (nSPS) is 15.2. The first-order chi connectivity index (χ1) is 14.5. The van der Waals surface area contributed by atoms with Crippen LogP contribution in [0.2, 0.25) is 5.02 Å². The molecule has 1 aliphatic heterocycles. The van der Waals surface area contributed by atoms with Gasteiger partial charge in [0, 0.05) is 10.7 Å². The fourth-order valence-corrected chi connectivity index (χ4v) is 3.20. The zero-order chi connectivity index (χ0) is 21.1. The Hall–Kier alpha value is -3.65. The van der Waals surface area contributed by atoms with Gasteiger partial charge in [0.2, 0.25) is 0 Å². The number of nitrogens with zero attached hydrogens (tertiary/aromatic N) is 1. The second-order valence-electron chi connectivity index (χ2n) is 6.43. The average molecular weight is 428 g/mol. The van der Waals surface area contributed by atoms with Crippen LogP contribution in [-0.2, 0) is 4.79 Å². The third-order valence-electron chi connectivity index (χ3n) is 4.47. The molecule has 0 aliphatic carbocycles. The first-order valence-corrected chi connectivity index (χ1v) is 9.42. The predicted molar refractivity (Wildman–Crippen MR) is 109 cm³/mol. The van der Waals surface area contributed by atoms with Crippen LogP contribution in [-0.4, -0.2) is 30.5 Å². The molecule has 2 heterocycles. The fourth-order valence-electron chi connectivity index (χ4n) is 3.03. The number of amides is 2. The Bertz CT molecular complexity index is 1050. The molecular weight excluding hydrogens is 410 g/mol. The van der Waals surface area contributed by atoms with Crippen molar-refractivity contribution in [2.24, 2.45) is 0 Å². The van der Waals surface area contributed by atoms with Crippen LogP contribution in [0.15, 0.2) is 65.3 Å². The molecule has 0 saturated carbocycles. The molecule has 1 aromatic heterocycles. The van der Waals surface area contributed by atoms with Crippen molar-refractivity contribution < 1.29 is 23.5 Å². The van der Waals surface area contributed by atoms with Gasteiger partial charge in [0.1, 0.15) is 17.3 Å². The number of fused-ring (bicyclic) bond motifs is 1. The van der Waals surface area contributed by atoms with Gasteiger partial charge in [0.05, 0.1) is 18.9 Å². The van der Waals surface area contributed by atoms with Gasteiger partial charge in [-0.05, 0) is 54.6 Å². The van der Waals surface area contributed by atoms with Crippen molar-refractivity contribution in [3.8, 4) is 11.5 Å². The van der Waals surface area contributed by atoms with Crippen molar-refractivity contribution in [3.05, 3.63) is 77.2 Å². The van der Waals surface area contributed by atoms with Crippen molar-refractivity contribution in [3.63, 3.8) is 0 Å². The molecule has 4 rings (SSSR count). The van der Waals surface area contributed by atoms with Crippen molar-refractivity contribution >= 4 is 29.1 Å². The van der Waals surface area contributed by atoms with E-state index in [4.69, 9.17) is 25.5 Å².